The lowest BCUT2D eigenvalue weighted by Gasteiger charge is -2.21. The van der Waals surface area contributed by atoms with Crippen LogP contribution in [0, 0.1) is 5.92 Å². The largest absolute Gasteiger partial charge is 0.388 e. The zero-order chi connectivity index (χ0) is 11.0. The van der Waals surface area contributed by atoms with Gasteiger partial charge in [0.1, 0.15) is 0 Å². The minimum Gasteiger partial charge on any atom is -0.388 e. The standard InChI is InChI=1S/C14H21NO/c16-14-7-3-6-13-12(14)8-9-15(13)10-11-4-1-2-5-11/h8-9,11,14,16H,1-7,10H2. The van der Waals surface area contributed by atoms with Crippen molar-refractivity contribution >= 4 is 0 Å². The van der Waals surface area contributed by atoms with Crippen molar-refractivity contribution in [2.45, 2.75) is 57.6 Å². The third kappa shape index (κ3) is 1.80. The van der Waals surface area contributed by atoms with Crippen molar-refractivity contribution in [1.82, 2.24) is 4.57 Å². The molecule has 2 nitrogen and oxygen atoms in total. The summed E-state index contributed by atoms with van der Waals surface area (Å²) in [7, 11) is 0. The van der Waals surface area contributed by atoms with Crippen molar-refractivity contribution in [1.29, 1.82) is 0 Å². The van der Waals surface area contributed by atoms with Crippen LogP contribution in [0.25, 0.3) is 0 Å². The van der Waals surface area contributed by atoms with Gasteiger partial charge in [0.25, 0.3) is 0 Å². The van der Waals surface area contributed by atoms with Gasteiger partial charge in [0.15, 0.2) is 0 Å². The molecule has 1 aromatic heterocycles. The molecular weight excluding hydrogens is 198 g/mol. The van der Waals surface area contributed by atoms with Crippen LogP contribution in [0.15, 0.2) is 12.3 Å². The van der Waals surface area contributed by atoms with Gasteiger partial charge in [-0.2, -0.15) is 0 Å². The SMILES string of the molecule is OC1CCCc2c1ccn2CC1CCCC1. The van der Waals surface area contributed by atoms with Gasteiger partial charge in [-0.15, -0.1) is 0 Å². The van der Waals surface area contributed by atoms with Crippen molar-refractivity contribution in [3.8, 4) is 0 Å². The summed E-state index contributed by atoms with van der Waals surface area (Å²) in [5, 5.41) is 9.92. The Hall–Kier alpha value is -0.760. The van der Waals surface area contributed by atoms with Gasteiger partial charge in [0.2, 0.25) is 0 Å². The maximum Gasteiger partial charge on any atom is 0.0807 e. The highest BCUT2D eigenvalue weighted by Gasteiger charge is 2.23. The van der Waals surface area contributed by atoms with E-state index in [1.165, 1.54) is 43.5 Å². The molecule has 2 aliphatic rings. The van der Waals surface area contributed by atoms with Crippen LogP contribution in [-0.2, 0) is 13.0 Å². The van der Waals surface area contributed by atoms with Crippen LogP contribution in [0.3, 0.4) is 0 Å². The molecular formula is C14H21NO. The Labute approximate surface area is 97.3 Å². The van der Waals surface area contributed by atoms with E-state index in [9.17, 15) is 5.11 Å². The van der Waals surface area contributed by atoms with Crippen LogP contribution in [0.4, 0.5) is 0 Å². The highest BCUT2D eigenvalue weighted by atomic mass is 16.3. The fourth-order valence-corrected chi connectivity index (χ4v) is 3.37. The summed E-state index contributed by atoms with van der Waals surface area (Å²) in [4.78, 5) is 0. The second-order valence-electron chi connectivity index (χ2n) is 5.43. The number of rotatable bonds is 2. The molecule has 0 aromatic carbocycles. The molecule has 1 aromatic rings. The first-order valence-corrected chi connectivity index (χ1v) is 6.70. The molecule has 0 saturated heterocycles. The Kier molecular flexibility index (Phi) is 2.76. The van der Waals surface area contributed by atoms with E-state index in [0.717, 1.165) is 25.2 Å². The molecule has 1 saturated carbocycles. The van der Waals surface area contributed by atoms with Gasteiger partial charge in [-0.1, -0.05) is 12.8 Å². The molecule has 0 radical (unpaired) electrons. The fraction of sp³-hybridized carbons (Fsp3) is 0.714. The summed E-state index contributed by atoms with van der Waals surface area (Å²) in [6.07, 6.45) is 10.9. The highest BCUT2D eigenvalue weighted by molar-refractivity contribution is 5.27. The Morgan fingerprint density at radius 1 is 1.19 bits per heavy atom. The van der Waals surface area contributed by atoms with E-state index in [0.29, 0.717) is 0 Å². The normalized spacial score (nSPS) is 25.9. The lowest BCUT2D eigenvalue weighted by Crippen LogP contribution is -2.14. The number of aliphatic hydroxyl groups excluding tert-OH is 1. The zero-order valence-electron chi connectivity index (χ0n) is 9.86. The van der Waals surface area contributed by atoms with Gasteiger partial charge in [-0.3, -0.25) is 0 Å². The van der Waals surface area contributed by atoms with Crippen molar-refractivity contribution in [2.24, 2.45) is 5.92 Å². The third-order valence-electron chi connectivity index (χ3n) is 4.29. The number of nitrogens with zero attached hydrogens (tertiary/aromatic N) is 1. The maximum atomic E-state index is 9.92. The molecule has 0 spiro atoms. The molecule has 0 aliphatic heterocycles. The van der Waals surface area contributed by atoms with Crippen molar-refractivity contribution in [2.75, 3.05) is 0 Å². The molecule has 1 unspecified atom stereocenters. The number of hydrogen-bond donors (Lipinski definition) is 1. The van der Waals surface area contributed by atoms with Crippen LogP contribution in [0.1, 0.15) is 55.9 Å². The van der Waals surface area contributed by atoms with E-state index >= 15 is 0 Å². The van der Waals surface area contributed by atoms with E-state index in [1.807, 2.05) is 0 Å². The van der Waals surface area contributed by atoms with Crippen LogP contribution in [-0.4, -0.2) is 9.67 Å². The second-order valence-corrected chi connectivity index (χ2v) is 5.43. The summed E-state index contributed by atoms with van der Waals surface area (Å²) in [5.41, 5.74) is 2.61. The lowest BCUT2D eigenvalue weighted by atomic mass is 9.95. The van der Waals surface area contributed by atoms with Crippen LogP contribution >= 0.6 is 0 Å². The quantitative estimate of drug-likeness (QED) is 0.812. The Balaban J connectivity index is 1.79. The first-order chi connectivity index (χ1) is 7.84. The molecule has 2 heteroatoms. The van der Waals surface area contributed by atoms with Gasteiger partial charge in [-0.25, -0.2) is 0 Å². The van der Waals surface area contributed by atoms with Gasteiger partial charge < -0.3 is 9.67 Å². The summed E-state index contributed by atoms with van der Waals surface area (Å²) in [6.45, 7) is 1.18. The maximum absolute atomic E-state index is 9.92. The minimum absolute atomic E-state index is 0.200. The highest BCUT2D eigenvalue weighted by Crippen LogP contribution is 2.32. The molecule has 16 heavy (non-hydrogen) atoms. The van der Waals surface area contributed by atoms with Gasteiger partial charge in [0, 0.05) is 24.0 Å². The molecule has 1 fully saturated rings. The van der Waals surface area contributed by atoms with Crippen molar-refractivity contribution in [3.05, 3.63) is 23.5 Å². The van der Waals surface area contributed by atoms with Crippen molar-refractivity contribution < 1.29 is 5.11 Å². The molecule has 2 aliphatic carbocycles. The molecule has 3 rings (SSSR count). The van der Waals surface area contributed by atoms with Gasteiger partial charge in [-0.05, 0) is 44.1 Å². The Bertz CT molecular complexity index is 363. The first kappa shape index (κ1) is 10.4. The third-order valence-corrected chi connectivity index (χ3v) is 4.29. The molecule has 0 bridgehead atoms. The minimum atomic E-state index is -0.200. The molecule has 0 amide bonds. The summed E-state index contributed by atoms with van der Waals surface area (Å²) >= 11 is 0. The fourth-order valence-electron chi connectivity index (χ4n) is 3.37. The second kappa shape index (κ2) is 4.25. The topological polar surface area (TPSA) is 25.2 Å². The monoisotopic (exact) mass is 219 g/mol. The zero-order valence-corrected chi connectivity index (χ0v) is 9.86. The van der Waals surface area contributed by atoms with E-state index in [2.05, 4.69) is 16.8 Å². The molecule has 1 atom stereocenters. The van der Waals surface area contributed by atoms with Crippen LogP contribution < -0.4 is 0 Å². The lowest BCUT2D eigenvalue weighted by molar-refractivity contribution is 0.155. The number of hydrogen-bond acceptors (Lipinski definition) is 1. The van der Waals surface area contributed by atoms with E-state index in [-0.39, 0.29) is 6.10 Å². The number of aromatic nitrogens is 1. The van der Waals surface area contributed by atoms with Crippen molar-refractivity contribution in [3.63, 3.8) is 0 Å². The average Bonchev–Trinajstić information content (AvgIpc) is 2.90. The van der Waals surface area contributed by atoms with E-state index in [1.54, 1.807) is 0 Å². The predicted octanol–water partition coefficient (Wildman–Crippen LogP) is 3.05. The van der Waals surface area contributed by atoms with E-state index in [4.69, 9.17) is 0 Å². The summed E-state index contributed by atoms with van der Waals surface area (Å²) in [5.74, 6) is 0.885. The molecule has 88 valence electrons. The smallest absolute Gasteiger partial charge is 0.0807 e. The Morgan fingerprint density at radius 2 is 2.00 bits per heavy atom. The average molecular weight is 219 g/mol. The van der Waals surface area contributed by atoms with Crippen LogP contribution in [0.2, 0.25) is 0 Å². The predicted molar refractivity (Wildman–Crippen MR) is 64.3 cm³/mol. The molecule has 1 N–H and O–H groups in total. The first-order valence-electron chi connectivity index (χ1n) is 6.70. The molecule has 1 heterocycles. The van der Waals surface area contributed by atoms with Crippen LogP contribution in [0.5, 0.6) is 0 Å². The van der Waals surface area contributed by atoms with Gasteiger partial charge >= 0.3 is 0 Å². The van der Waals surface area contributed by atoms with E-state index < -0.39 is 0 Å². The number of fused-ring (bicyclic) bond motifs is 1. The summed E-state index contributed by atoms with van der Waals surface area (Å²) in [6, 6.07) is 2.13. The van der Waals surface area contributed by atoms with Gasteiger partial charge in [0.05, 0.1) is 6.10 Å². The number of aliphatic hydroxyl groups is 1. The summed E-state index contributed by atoms with van der Waals surface area (Å²) < 4.78 is 2.41. The Morgan fingerprint density at radius 3 is 2.81 bits per heavy atom.